The van der Waals surface area contributed by atoms with Gasteiger partial charge in [0.1, 0.15) is 5.69 Å². The zero-order valence-corrected chi connectivity index (χ0v) is 15.2. The SMILES string of the molecule is NS(=O)(=O)c1ccc(N[C@@H]2COC[C@@H]2Sc2ccccc2)c([N+](=O)[O-])c1. The van der Waals surface area contributed by atoms with Crippen molar-refractivity contribution in [2.45, 2.75) is 21.1 Å². The third-order valence-corrected chi connectivity index (χ3v) is 6.12. The first-order valence-corrected chi connectivity index (χ1v) is 10.1. The van der Waals surface area contributed by atoms with Crippen LogP contribution in [0.15, 0.2) is 58.3 Å². The number of nitro groups is 1. The summed E-state index contributed by atoms with van der Waals surface area (Å²) >= 11 is 1.63. The molecule has 3 N–H and O–H groups in total. The number of benzene rings is 2. The standard InChI is InChI=1S/C16H17N3O5S2/c17-26(22,23)12-6-7-13(15(8-12)19(20)21)18-14-9-24-10-16(14)25-11-4-2-1-3-5-11/h1-8,14,16,18H,9-10H2,(H2,17,22,23)/t14-,16+/m1/s1. The van der Waals surface area contributed by atoms with Gasteiger partial charge in [-0.1, -0.05) is 18.2 Å². The van der Waals surface area contributed by atoms with Crippen molar-refractivity contribution in [3.8, 4) is 0 Å². The van der Waals surface area contributed by atoms with Gasteiger partial charge in [0, 0.05) is 11.0 Å². The Morgan fingerprint density at radius 1 is 1.19 bits per heavy atom. The second-order valence-corrected chi connectivity index (χ2v) is 8.61. The van der Waals surface area contributed by atoms with E-state index in [1.807, 2.05) is 30.3 Å². The lowest BCUT2D eigenvalue weighted by Gasteiger charge is -2.20. The number of nitrogens with one attached hydrogen (secondary N) is 1. The van der Waals surface area contributed by atoms with Crippen molar-refractivity contribution < 1.29 is 18.1 Å². The molecule has 10 heteroatoms. The molecule has 0 aliphatic carbocycles. The minimum atomic E-state index is -4.02. The molecule has 3 rings (SSSR count). The minimum absolute atomic E-state index is 0.0647. The van der Waals surface area contributed by atoms with Gasteiger partial charge in [0.25, 0.3) is 5.69 Å². The predicted octanol–water partition coefficient (Wildman–Crippen LogP) is 2.21. The number of hydrogen-bond acceptors (Lipinski definition) is 7. The number of anilines is 1. The molecule has 26 heavy (non-hydrogen) atoms. The Bertz CT molecular complexity index is 905. The summed E-state index contributed by atoms with van der Waals surface area (Å²) in [6.07, 6.45) is 0. The molecule has 0 saturated carbocycles. The highest BCUT2D eigenvalue weighted by molar-refractivity contribution is 8.00. The van der Waals surface area contributed by atoms with Crippen LogP contribution in [0, 0.1) is 10.1 Å². The molecular formula is C16H17N3O5S2. The van der Waals surface area contributed by atoms with Gasteiger partial charge in [0.2, 0.25) is 10.0 Å². The number of rotatable bonds is 6. The van der Waals surface area contributed by atoms with E-state index >= 15 is 0 Å². The van der Waals surface area contributed by atoms with Crippen molar-refractivity contribution in [2.24, 2.45) is 5.14 Å². The molecule has 1 fully saturated rings. The number of thioether (sulfide) groups is 1. The molecule has 2 atom stereocenters. The molecule has 0 unspecified atom stereocenters. The highest BCUT2D eigenvalue weighted by Gasteiger charge is 2.31. The van der Waals surface area contributed by atoms with Crippen molar-refractivity contribution in [3.05, 3.63) is 58.6 Å². The Labute approximate surface area is 154 Å². The summed E-state index contributed by atoms with van der Waals surface area (Å²) in [6, 6.07) is 13.2. The van der Waals surface area contributed by atoms with Gasteiger partial charge in [-0.15, -0.1) is 11.8 Å². The summed E-state index contributed by atoms with van der Waals surface area (Å²) in [6.45, 7) is 0.916. The number of primary sulfonamides is 1. The van der Waals surface area contributed by atoms with Crippen LogP contribution in [0.25, 0.3) is 0 Å². The summed E-state index contributed by atoms with van der Waals surface area (Å²) in [7, 11) is -4.02. The monoisotopic (exact) mass is 395 g/mol. The highest BCUT2D eigenvalue weighted by atomic mass is 32.2. The quantitative estimate of drug-likeness (QED) is 0.567. The highest BCUT2D eigenvalue weighted by Crippen LogP contribution is 2.33. The molecule has 2 aromatic rings. The van der Waals surface area contributed by atoms with Gasteiger partial charge in [-0.05, 0) is 24.3 Å². The van der Waals surface area contributed by atoms with Crippen LogP contribution in [0.2, 0.25) is 0 Å². The molecule has 2 aromatic carbocycles. The van der Waals surface area contributed by atoms with Crippen LogP contribution in [0.3, 0.4) is 0 Å². The summed E-state index contributed by atoms with van der Waals surface area (Å²) in [5.74, 6) is 0. The van der Waals surface area contributed by atoms with Crippen LogP contribution in [0.1, 0.15) is 0 Å². The van der Waals surface area contributed by atoms with Crippen LogP contribution in [-0.4, -0.2) is 37.8 Å². The van der Waals surface area contributed by atoms with Crippen molar-refractivity contribution >= 4 is 33.2 Å². The van der Waals surface area contributed by atoms with E-state index in [2.05, 4.69) is 5.32 Å². The van der Waals surface area contributed by atoms with Crippen molar-refractivity contribution in [3.63, 3.8) is 0 Å². The Morgan fingerprint density at radius 2 is 1.92 bits per heavy atom. The maximum Gasteiger partial charge on any atom is 0.293 e. The lowest BCUT2D eigenvalue weighted by molar-refractivity contribution is -0.384. The molecule has 1 heterocycles. The van der Waals surface area contributed by atoms with Crippen molar-refractivity contribution in [1.82, 2.24) is 0 Å². The molecular weight excluding hydrogens is 378 g/mol. The van der Waals surface area contributed by atoms with Gasteiger partial charge in [-0.25, -0.2) is 13.6 Å². The van der Waals surface area contributed by atoms with Gasteiger partial charge in [-0.3, -0.25) is 10.1 Å². The van der Waals surface area contributed by atoms with Gasteiger partial charge in [0.15, 0.2) is 0 Å². The molecule has 0 spiro atoms. The topological polar surface area (TPSA) is 125 Å². The van der Waals surface area contributed by atoms with E-state index in [-0.39, 0.29) is 27.6 Å². The largest absolute Gasteiger partial charge is 0.378 e. The van der Waals surface area contributed by atoms with Gasteiger partial charge in [0.05, 0.1) is 34.3 Å². The minimum Gasteiger partial charge on any atom is -0.378 e. The summed E-state index contributed by atoms with van der Waals surface area (Å²) in [5, 5.41) is 19.6. The van der Waals surface area contributed by atoms with E-state index in [0.717, 1.165) is 11.0 Å². The molecule has 0 amide bonds. The lowest BCUT2D eigenvalue weighted by atomic mass is 10.2. The summed E-state index contributed by atoms with van der Waals surface area (Å²) in [5.41, 5.74) is -0.108. The molecule has 0 radical (unpaired) electrons. The summed E-state index contributed by atoms with van der Waals surface area (Å²) < 4.78 is 28.4. The lowest BCUT2D eigenvalue weighted by Crippen LogP contribution is -2.30. The number of nitrogens with zero attached hydrogens (tertiary/aromatic N) is 1. The predicted molar refractivity (Wildman–Crippen MR) is 98.8 cm³/mol. The molecule has 138 valence electrons. The Morgan fingerprint density at radius 3 is 2.58 bits per heavy atom. The molecule has 0 aromatic heterocycles. The smallest absolute Gasteiger partial charge is 0.293 e. The Balaban J connectivity index is 1.82. The fourth-order valence-electron chi connectivity index (χ4n) is 2.62. The second kappa shape index (κ2) is 7.62. The number of hydrogen-bond donors (Lipinski definition) is 2. The molecule has 1 saturated heterocycles. The third-order valence-electron chi connectivity index (χ3n) is 3.89. The van der Waals surface area contributed by atoms with E-state index in [4.69, 9.17) is 9.88 Å². The average molecular weight is 395 g/mol. The van der Waals surface area contributed by atoms with Crippen molar-refractivity contribution in [1.29, 1.82) is 0 Å². The second-order valence-electron chi connectivity index (χ2n) is 5.74. The van der Waals surface area contributed by atoms with Gasteiger partial charge >= 0.3 is 0 Å². The van der Waals surface area contributed by atoms with E-state index in [9.17, 15) is 18.5 Å². The Kier molecular flexibility index (Phi) is 5.47. The maximum atomic E-state index is 11.4. The first kappa shape index (κ1) is 18.6. The first-order valence-electron chi connectivity index (χ1n) is 7.72. The zero-order valence-electron chi connectivity index (χ0n) is 13.6. The van der Waals surface area contributed by atoms with Gasteiger partial charge in [-0.2, -0.15) is 0 Å². The van der Waals surface area contributed by atoms with Crippen LogP contribution in [-0.2, 0) is 14.8 Å². The number of ether oxygens (including phenoxy) is 1. The Hall–Kier alpha value is -2.14. The van der Waals surface area contributed by atoms with Crippen LogP contribution >= 0.6 is 11.8 Å². The molecule has 8 nitrogen and oxygen atoms in total. The molecule has 1 aliphatic heterocycles. The number of sulfonamides is 1. The van der Waals surface area contributed by atoms with Crippen LogP contribution in [0.5, 0.6) is 0 Å². The average Bonchev–Trinajstić information content (AvgIpc) is 3.02. The maximum absolute atomic E-state index is 11.4. The normalized spacial score (nSPS) is 20.0. The van der Waals surface area contributed by atoms with Crippen molar-refractivity contribution in [2.75, 3.05) is 18.5 Å². The summed E-state index contributed by atoms with van der Waals surface area (Å²) in [4.78, 5) is 11.5. The van der Waals surface area contributed by atoms with E-state index in [0.29, 0.717) is 13.2 Å². The fourth-order valence-corrected chi connectivity index (χ4v) is 4.29. The van der Waals surface area contributed by atoms with E-state index in [1.165, 1.54) is 12.1 Å². The first-order chi connectivity index (χ1) is 12.3. The van der Waals surface area contributed by atoms with E-state index < -0.39 is 14.9 Å². The molecule has 1 aliphatic rings. The number of nitrogens with two attached hydrogens (primary N) is 1. The van der Waals surface area contributed by atoms with Crippen LogP contribution < -0.4 is 10.5 Å². The van der Waals surface area contributed by atoms with E-state index in [1.54, 1.807) is 11.8 Å². The van der Waals surface area contributed by atoms with Gasteiger partial charge < -0.3 is 10.1 Å². The zero-order chi connectivity index (χ0) is 18.7. The fraction of sp³-hybridized carbons (Fsp3) is 0.250. The number of nitro benzene ring substituents is 1. The van der Waals surface area contributed by atoms with Crippen LogP contribution in [0.4, 0.5) is 11.4 Å². The molecule has 0 bridgehead atoms. The third kappa shape index (κ3) is 4.33.